The molecule has 4 nitrogen and oxygen atoms in total. The van der Waals surface area contributed by atoms with Crippen LogP contribution in [-0.2, 0) is 4.79 Å². The zero-order valence-electron chi connectivity index (χ0n) is 9.47. The van der Waals surface area contributed by atoms with Crippen molar-refractivity contribution in [3.8, 4) is 5.75 Å². The van der Waals surface area contributed by atoms with Gasteiger partial charge in [-0.05, 0) is 18.4 Å². The number of thiazole rings is 1. The highest BCUT2D eigenvalue weighted by Gasteiger charge is 2.13. The monoisotopic (exact) mass is 279 g/mol. The summed E-state index contributed by atoms with van der Waals surface area (Å²) in [5.41, 5.74) is 0.977. The Balaban J connectivity index is 2.21. The Morgan fingerprint density at radius 1 is 1.56 bits per heavy atom. The Kier molecular flexibility index (Phi) is 2.68. The number of hydrogen-bond donors (Lipinski definition) is 1. The SMILES string of the molecule is Cc1nc2c(cc(OCC(=O)O)c3ccsc32)s1. The van der Waals surface area contributed by atoms with E-state index in [2.05, 4.69) is 4.98 Å². The first-order valence-corrected chi connectivity index (χ1v) is 6.96. The van der Waals surface area contributed by atoms with Crippen LogP contribution < -0.4 is 4.74 Å². The number of nitrogens with zero attached hydrogens (tertiary/aromatic N) is 1. The summed E-state index contributed by atoms with van der Waals surface area (Å²) in [6.07, 6.45) is 0. The molecule has 0 aliphatic carbocycles. The maximum atomic E-state index is 10.6. The average Bonchev–Trinajstić information content (AvgIpc) is 2.90. The fraction of sp³-hybridized carbons (Fsp3) is 0.167. The second-order valence-electron chi connectivity index (χ2n) is 3.80. The molecule has 0 unspecified atom stereocenters. The van der Waals surface area contributed by atoms with Crippen LogP contribution in [0.2, 0.25) is 0 Å². The molecule has 1 aromatic carbocycles. The molecule has 0 radical (unpaired) electrons. The number of ether oxygens (including phenoxy) is 1. The number of aromatic nitrogens is 1. The predicted molar refractivity (Wildman–Crippen MR) is 72.9 cm³/mol. The maximum absolute atomic E-state index is 10.6. The molecular formula is C12H9NO3S2. The Hall–Kier alpha value is -1.66. The fourth-order valence-corrected chi connectivity index (χ4v) is 3.68. The van der Waals surface area contributed by atoms with Crippen molar-refractivity contribution in [1.29, 1.82) is 0 Å². The maximum Gasteiger partial charge on any atom is 0.341 e. The lowest BCUT2D eigenvalue weighted by molar-refractivity contribution is -0.139. The molecule has 0 aliphatic rings. The lowest BCUT2D eigenvalue weighted by atomic mass is 10.2. The van der Waals surface area contributed by atoms with Gasteiger partial charge in [0.2, 0.25) is 0 Å². The number of aliphatic carboxylic acids is 1. The zero-order valence-corrected chi connectivity index (χ0v) is 11.1. The average molecular weight is 279 g/mol. The molecule has 0 saturated carbocycles. The van der Waals surface area contributed by atoms with E-state index in [1.165, 1.54) is 0 Å². The highest BCUT2D eigenvalue weighted by Crippen LogP contribution is 2.38. The van der Waals surface area contributed by atoms with E-state index in [0.717, 1.165) is 25.3 Å². The summed E-state index contributed by atoms with van der Waals surface area (Å²) in [6.45, 7) is 1.64. The molecule has 6 heteroatoms. The van der Waals surface area contributed by atoms with Crippen molar-refractivity contribution >= 4 is 48.9 Å². The third kappa shape index (κ3) is 1.83. The molecule has 0 saturated heterocycles. The first-order valence-electron chi connectivity index (χ1n) is 5.27. The molecule has 0 atom stereocenters. The highest BCUT2D eigenvalue weighted by atomic mass is 32.1. The van der Waals surface area contributed by atoms with Crippen molar-refractivity contribution in [3.05, 3.63) is 22.5 Å². The summed E-state index contributed by atoms with van der Waals surface area (Å²) in [6, 6.07) is 3.81. The van der Waals surface area contributed by atoms with Crippen molar-refractivity contribution < 1.29 is 14.6 Å². The topological polar surface area (TPSA) is 59.4 Å². The molecule has 18 heavy (non-hydrogen) atoms. The number of carboxylic acid groups (broad SMARTS) is 1. The van der Waals surface area contributed by atoms with Crippen molar-refractivity contribution in [1.82, 2.24) is 4.98 Å². The minimum Gasteiger partial charge on any atom is -0.481 e. The van der Waals surface area contributed by atoms with Crippen LogP contribution in [0.4, 0.5) is 0 Å². The van der Waals surface area contributed by atoms with E-state index in [9.17, 15) is 4.79 Å². The molecule has 92 valence electrons. The van der Waals surface area contributed by atoms with Gasteiger partial charge in [0.05, 0.1) is 19.9 Å². The van der Waals surface area contributed by atoms with Crippen LogP contribution >= 0.6 is 22.7 Å². The lowest BCUT2D eigenvalue weighted by Crippen LogP contribution is -2.09. The van der Waals surface area contributed by atoms with E-state index in [-0.39, 0.29) is 6.61 Å². The quantitative estimate of drug-likeness (QED) is 0.799. The van der Waals surface area contributed by atoms with Crippen molar-refractivity contribution in [3.63, 3.8) is 0 Å². The summed E-state index contributed by atoms with van der Waals surface area (Å²) in [5.74, 6) is -0.358. The van der Waals surface area contributed by atoms with Gasteiger partial charge in [0.15, 0.2) is 6.61 Å². The number of thiophene rings is 1. The van der Waals surface area contributed by atoms with Gasteiger partial charge in [-0.3, -0.25) is 0 Å². The van der Waals surface area contributed by atoms with Gasteiger partial charge in [0.1, 0.15) is 5.75 Å². The third-order valence-electron chi connectivity index (χ3n) is 2.52. The Bertz CT molecular complexity index is 744. The van der Waals surface area contributed by atoms with Crippen molar-refractivity contribution in [2.24, 2.45) is 0 Å². The van der Waals surface area contributed by atoms with Gasteiger partial charge in [-0.2, -0.15) is 0 Å². The van der Waals surface area contributed by atoms with E-state index in [1.54, 1.807) is 22.7 Å². The molecule has 0 amide bonds. The van der Waals surface area contributed by atoms with Crippen LogP contribution in [0.1, 0.15) is 5.01 Å². The number of carbonyl (C=O) groups is 1. The largest absolute Gasteiger partial charge is 0.481 e. The van der Waals surface area contributed by atoms with Crippen LogP contribution in [0, 0.1) is 6.92 Å². The van der Waals surface area contributed by atoms with Crippen molar-refractivity contribution in [2.75, 3.05) is 6.61 Å². The number of hydrogen-bond acceptors (Lipinski definition) is 5. The van der Waals surface area contributed by atoms with Gasteiger partial charge >= 0.3 is 5.97 Å². The Morgan fingerprint density at radius 3 is 3.17 bits per heavy atom. The van der Waals surface area contributed by atoms with Crippen LogP contribution in [0.25, 0.3) is 20.3 Å². The molecule has 0 bridgehead atoms. The minimum atomic E-state index is -0.973. The van der Waals surface area contributed by atoms with Gasteiger partial charge in [0.25, 0.3) is 0 Å². The minimum absolute atomic E-state index is 0.325. The first-order chi connectivity index (χ1) is 8.65. The molecule has 0 fully saturated rings. The fourth-order valence-electron chi connectivity index (χ4n) is 1.85. The smallest absolute Gasteiger partial charge is 0.341 e. The molecule has 2 aromatic heterocycles. The van der Waals surface area contributed by atoms with E-state index in [4.69, 9.17) is 9.84 Å². The zero-order chi connectivity index (χ0) is 12.7. The van der Waals surface area contributed by atoms with Gasteiger partial charge in [0, 0.05) is 11.5 Å². The van der Waals surface area contributed by atoms with Gasteiger partial charge in [-0.1, -0.05) is 0 Å². The van der Waals surface area contributed by atoms with E-state index in [0.29, 0.717) is 5.75 Å². The number of benzene rings is 1. The van der Waals surface area contributed by atoms with Gasteiger partial charge in [-0.15, -0.1) is 22.7 Å². The van der Waals surface area contributed by atoms with Gasteiger partial charge in [-0.25, -0.2) is 9.78 Å². The third-order valence-corrected chi connectivity index (χ3v) is 4.36. The predicted octanol–water partition coefficient (Wildman–Crippen LogP) is 3.28. The number of aryl methyl sites for hydroxylation is 1. The van der Waals surface area contributed by atoms with E-state index < -0.39 is 5.97 Å². The highest BCUT2D eigenvalue weighted by molar-refractivity contribution is 7.21. The standard InChI is InChI=1S/C12H9NO3S2/c1-6-13-11-9(18-6)4-8(16-5-10(14)15)7-2-3-17-12(7)11/h2-4H,5H2,1H3,(H,14,15). The first kappa shape index (κ1) is 11.4. The summed E-state index contributed by atoms with van der Waals surface area (Å²) in [7, 11) is 0. The Labute approximate surface area is 110 Å². The molecule has 3 rings (SSSR count). The van der Waals surface area contributed by atoms with Crippen LogP contribution in [-0.4, -0.2) is 22.7 Å². The number of fused-ring (bicyclic) bond motifs is 3. The lowest BCUT2D eigenvalue weighted by Gasteiger charge is -2.05. The number of rotatable bonds is 3. The van der Waals surface area contributed by atoms with Crippen LogP contribution in [0.3, 0.4) is 0 Å². The van der Waals surface area contributed by atoms with E-state index >= 15 is 0 Å². The van der Waals surface area contributed by atoms with E-state index in [1.807, 2.05) is 24.4 Å². The van der Waals surface area contributed by atoms with Gasteiger partial charge < -0.3 is 9.84 Å². The van der Waals surface area contributed by atoms with Crippen molar-refractivity contribution in [2.45, 2.75) is 6.92 Å². The number of carboxylic acids is 1. The van der Waals surface area contributed by atoms with Crippen LogP contribution in [0.15, 0.2) is 17.5 Å². The second kappa shape index (κ2) is 4.22. The molecular weight excluding hydrogens is 270 g/mol. The molecule has 2 heterocycles. The molecule has 1 N–H and O–H groups in total. The summed E-state index contributed by atoms with van der Waals surface area (Å²) in [5, 5.41) is 12.6. The van der Waals surface area contributed by atoms with Crippen LogP contribution in [0.5, 0.6) is 5.75 Å². The normalized spacial score (nSPS) is 11.2. The molecule has 0 spiro atoms. The molecule has 0 aliphatic heterocycles. The molecule has 3 aromatic rings. The summed E-state index contributed by atoms with van der Waals surface area (Å²) < 4.78 is 7.43. The summed E-state index contributed by atoms with van der Waals surface area (Å²) in [4.78, 5) is 15.1. The summed E-state index contributed by atoms with van der Waals surface area (Å²) >= 11 is 3.18. The Morgan fingerprint density at radius 2 is 2.39 bits per heavy atom. The second-order valence-corrected chi connectivity index (χ2v) is 5.95.